The van der Waals surface area contributed by atoms with E-state index >= 15 is 0 Å². The molecular formula is C14H17BrN2O3. The summed E-state index contributed by atoms with van der Waals surface area (Å²) in [5.41, 5.74) is 1.11. The molecular weight excluding hydrogens is 324 g/mol. The normalized spacial score (nSPS) is 19.4. The first kappa shape index (κ1) is 13.5. The Bertz CT molecular complexity index is 515. The summed E-state index contributed by atoms with van der Waals surface area (Å²) in [4.78, 5) is 14.8. The number of fused-ring (bicyclic) bond motifs is 1. The first-order valence-corrected chi connectivity index (χ1v) is 7.62. The summed E-state index contributed by atoms with van der Waals surface area (Å²) in [6.07, 6.45) is 0.935. The molecule has 2 aliphatic heterocycles. The van der Waals surface area contributed by atoms with Crippen molar-refractivity contribution in [3.8, 4) is 5.75 Å². The van der Waals surface area contributed by atoms with Crippen LogP contribution in [0.15, 0.2) is 22.7 Å². The minimum absolute atomic E-state index is 0.391. The van der Waals surface area contributed by atoms with Crippen molar-refractivity contribution < 1.29 is 14.6 Å². The van der Waals surface area contributed by atoms with Gasteiger partial charge in [-0.1, -0.05) is 6.07 Å². The number of halogens is 1. The van der Waals surface area contributed by atoms with Crippen LogP contribution in [0.4, 0.5) is 10.5 Å². The molecule has 5 nitrogen and oxygen atoms in total. The predicted molar refractivity (Wildman–Crippen MR) is 79.6 cm³/mol. The first-order valence-electron chi connectivity index (χ1n) is 6.82. The van der Waals surface area contributed by atoms with Crippen molar-refractivity contribution >= 4 is 27.7 Å². The van der Waals surface area contributed by atoms with Gasteiger partial charge >= 0.3 is 6.09 Å². The number of hydrogen-bond acceptors (Lipinski definition) is 3. The lowest BCUT2D eigenvalue weighted by molar-refractivity contribution is 0.130. The van der Waals surface area contributed by atoms with Crippen molar-refractivity contribution in [2.24, 2.45) is 0 Å². The monoisotopic (exact) mass is 340 g/mol. The van der Waals surface area contributed by atoms with E-state index in [1.54, 1.807) is 0 Å². The molecule has 0 aromatic heterocycles. The summed E-state index contributed by atoms with van der Waals surface area (Å²) < 4.78 is 6.72. The minimum Gasteiger partial charge on any atom is -0.488 e. The van der Waals surface area contributed by atoms with E-state index in [1.165, 1.54) is 4.90 Å². The van der Waals surface area contributed by atoms with Crippen molar-refractivity contribution in [3.63, 3.8) is 0 Å². The molecule has 0 spiro atoms. The van der Waals surface area contributed by atoms with E-state index in [4.69, 9.17) is 9.84 Å². The smallest absolute Gasteiger partial charge is 0.407 e. The third-order valence-electron chi connectivity index (χ3n) is 4.01. The van der Waals surface area contributed by atoms with Gasteiger partial charge in [0.15, 0.2) is 5.75 Å². The fraction of sp³-hybridized carbons (Fsp3) is 0.500. The molecule has 108 valence electrons. The molecule has 1 saturated heterocycles. The third kappa shape index (κ3) is 2.44. The number of likely N-dealkylation sites (tertiary alicyclic amines) is 1. The van der Waals surface area contributed by atoms with Crippen LogP contribution in [0.5, 0.6) is 5.75 Å². The maximum atomic E-state index is 11.0. The Morgan fingerprint density at radius 3 is 2.75 bits per heavy atom. The van der Waals surface area contributed by atoms with Gasteiger partial charge in [-0.3, -0.25) is 0 Å². The fourth-order valence-corrected chi connectivity index (χ4v) is 3.45. The molecule has 2 aliphatic rings. The van der Waals surface area contributed by atoms with Crippen molar-refractivity contribution in [3.05, 3.63) is 22.7 Å². The maximum absolute atomic E-state index is 11.0. The summed E-state index contributed by atoms with van der Waals surface area (Å²) in [5.74, 6) is 0.902. The molecule has 2 heterocycles. The molecule has 1 fully saturated rings. The van der Waals surface area contributed by atoms with Crippen LogP contribution in [0.3, 0.4) is 0 Å². The Hall–Kier alpha value is -1.43. The van der Waals surface area contributed by atoms with Crippen molar-refractivity contribution in [2.75, 3.05) is 31.1 Å². The standard InChI is InChI=1S/C14H17BrN2O3/c15-11-2-1-3-12-13(11)20-9-8-17(12)10-4-6-16(7-5-10)14(18)19/h1-3,10H,4-9H2,(H,18,19). The van der Waals surface area contributed by atoms with Crippen LogP contribution in [0.25, 0.3) is 0 Å². The van der Waals surface area contributed by atoms with Crippen LogP contribution in [0.2, 0.25) is 0 Å². The predicted octanol–water partition coefficient (Wildman–Crippen LogP) is 2.79. The zero-order chi connectivity index (χ0) is 14.1. The van der Waals surface area contributed by atoms with Crippen molar-refractivity contribution in [2.45, 2.75) is 18.9 Å². The number of amides is 1. The number of anilines is 1. The Balaban J connectivity index is 1.77. The molecule has 6 heteroatoms. The van der Waals surface area contributed by atoms with E-state index in [9.17, 15) is 4.79 Å². The minimum atomic E-state index is -0.812. The number of rotatable bonds is 1. The van der Waals surface area contributed by atoms with Crippen LogP contribution in [0, 0.1) is 0 Å². The number of piperidine rings is 1. The zero-order valence-corrected chi connectivity index (χ0v) is 12.7. The molecule has 0 aliphatic carbocycles. The van der Waals surface area contributed by atoms with E-state index in [0.29, 0.717) is 25.7 Å². The van der Waals surface area contributed by atoms with Gasteiger partial charge in [-0.2, -0.15) is 0 Å². The van der Waals surface area contributed by atoms with Gasteiger partial charge in [0.1, 0.15) is 6.61 Å². The Kier molecular flexibility index (Phi) is 3.74. The second-order valence-electron chi connectivity index (χ2n) is 5.13. The second-order valence-corrected chi connectivity index (χ2v) is 5.99. The topological polar surface area (TPSA) is 53.0 Å². The Labute approximate surface area is 126 Å². The van der Waals surface area contributed by atoms with E-state index < -0.39 is 6.09 Å². The molecule has 1 N–H and O–H groups in total. The van der Waals surface area contributed by atoms with Crippen LogP contribution >= 0.6 is 15.9 Å². The zero-order valence-electron chi connectivity index (χ0n) is 11.1. The van der Waals surface area contributed by atoms with Crippen LogP contribution in [-0.2, 0) is 0 Å². The molecule has 0 saturated carbocycles. The number of hydrogen-bond donors (Lipinski definition) is 1. The van der Waals surface area contributed by atoms with Gasteiger partial charge in [0, 0.05) is 19.1 Å². The molecule has 0 radical (unpaired) electrons. The van der Waals surface area contributed by atoms with Crippen molar-refractivity contribution in [1.82, 2.24) is 4.90 Å². The summed E-state index contributed by atoms with van der Waals surface area (Å²) in [5, 5.41) is 9.02. The largest absolute Gasteiger partial charge is 0.488 e. The average Bonchev–Trinajstić information content (AvgIpc) is 2.47. The molecule has 1 aromatic rings. The number of carbonyl (C=O) groups is 1. The van der Waals surface area contributed by atoms with Gasteiger partial charge in [-0.15, -0.1) is 0 Å². The molecule has 1 aromatic carbocycles. The SMILES string of the molecule is O=C(O)N1CCC(N2CCOc3c(Br)cccc32)CC1. The summed E-state index contributed by atoms with van der Waals surface area (Å²) in [6.45, 7) is 2.76. The summed E-state index contributed by atoms with van der Waals surface area (Å²) >= 11 is 3.52. The highest BCUT2D eigenvalue weighted by atomic mass is 79.9. The molecule has 0 unspecified atom stereocenters. The fourth-order valence-electron chi connectivity index (χ4n) is 2.98. The van der Waals surface area contributed by atoms with Gasteiger partial charge in [0.05, 0.1) is 16.7 Å². The van der Waals surface area contributed by atoms with Gasteiger partial charge in [0.2, 0.25) is 0 Å². The summed E-state index contributed by atoms with van der Waals surface area (Å²) in [7, 11) is 0. The quantitative estimate of drug-likeness (QED) is 0.854. The molecule has 3 rings (SSSR count). The Morgan fingerprint density at radius 1 is 1.30 bits per heavy atom. The van der Waals surface area contributed by atoms with Gasteiger partial charge in [-0.25, -0.2) is 4.79 Å². The van der Waals surface area contributed by atoms with Crippen LogP contribution in [0.1, 0.15) is 12.8 Å². The molecule has 0 bridgehead atoms. The van der Waals surface area contributed by atoms with E-state index in [-0.39, 0.29) is 0 Å². The average molecular weight is 341 g/mol. The van der Waals surface area contributed by atoms with E-state index in [0.717, 1.165) is 35.3 Å². The lowest BCUT2D eigenvalue weighted by Crippen LogP contribution is -2.48. The number of carboxylic acid groups (broad SMARTS) is 1. The molecule has 20 heavy (non-hydrogen) atoms. The number of nitrogens with zero attached hydrogens (tertiary/aromatic N) is 2. The van der Waals surface area contributed by atoms with E-state index in [2.05, 4.69) is 26.9 Å². The third-order valence-corrected chi connectivity index (χ3v) is 4.63. The lowest BCUT2D eigenvalue weighted by Gasteiger charge is -2.41. The lowest BCUT2D eigenvalue weighted by atomic mass is 10.0. The highest BCUT2D eigenvalue weighted by Crippen LogP contribution is 2.40. The van der Waals surface area contributed by atoms with Crippen LogP contribution < -0.4 is 9.64 Å². The van der Waals surface area contributed by atoms with Gasteiger partial charge in [0.25, 0.3) is 0 Å². The second kappa shape index (κ2) is 5.52. The van der Waals surface area contributed by atoms with Crippen LogP contribution in [-0.4, -0.2) is 48.4 Å². The van der Waals surface area contributed by atoms with E-state index in [1.807, 2.05) is 12.1 Å². The highest BCUT2D eigenvalue weighted by molar-refractivity contribution is 9.10. The molecule has 0 atom stereocenters. The summed E-state index contributed by atoms with van der Waals surface area (Å²) in [6, 6.07) is 6.46. The van der Waals surface area contributed by atoms with Gasteiger partial charge < -0.3 is 19.6 Å². The maximum Gasteiger partial charge on any atom is 0.407 e. The van der Waals surface area contributed by atoms with Crippen molar-refractivity contribution in [1.29, 1.82) is 0 Å². The Morgan fingerprint density at radius 2 is 2.05 bits per heavy atom. The molecule has 1 amide bonds. The highest BCUT2D eigenvalue weighted by Gasteiger charge is 2.30. The number of ether oxygens (including phenoxy) is 1. The number of para-hydroxylation sites is 1. The number of benzene rings is 1. The van der Waals surface area contributed by atoms with Gasteiger partial charge in [-0.05, 0) is 40.9 Å². The first-order chi connectivity index (χ1) is 9.66.